The molecule has 1 saturated heterocycles. The van der Waals surface area contributed by atoms with Crippen LogP contribution in [0.2, 0.25) is 0 Å². The van der Waals surface area contributed by atoms with Gasteiger partial charge in [0, 0.05) is 30.5 Å². The van der Waals surface area contributed by atoms with E-state index in [1.807, 2.05) is 19.9 Å². The van der Waals surface area contributed by atoms with Crippen molar-refractivity contribution in [1.29, 1.82) is 0 Å². The predicted octanol–water partition coefficient (Wildman–Crippen LogP) is 1.61. The zero-order chi connectivity index (χ0) is 23.5. The number of carbonyl (C=O) groups is 3. The second-order valence-corrected chi connectivity index (χ2v) is 8.52. The summed E-state index contributed by atoms with van der Waals surface area (Å²) in [5.41, 5.74) is 7.03. The van der Waals surface area contributed by atoms with Crippen molar-refractivity contribution in [1.82, 2.24) is 40.5 Å². The third-order valence-corrected chi connectivity index (χ3v) is 6.37. The third kappa shape index (κ3) is 4.77. The van der Waals surface area contributed by atoms with Crippen LogP contribution in [0, 0.1) is 13.8 Å². The Morgan fingerprint density at radius 2 is 1.94 bits per heavy atom. The number of fused-ring (bicyclic) bond motifs is 1. The molecule has 13 heteroatoms. The molecule has 1 aliphatic heterocycles. The van der Waals surface area contributed by atoms with Crippen molar-refractivity contribution >= 4 is 34.9 Å². The number of hydrazine groups is 1. The van der Waals surface area contributed by atoms with Crippen molar-refractivity contribution in [3.8, 4) is 0 Å². The predicted molar refractivity (Wildman–Crippen MR) is 118 cm³/mol. The Bertz CT molecular complexity index is 1200. The van der Waals surface area contributed by atoms with E-state index in [2.05, 4.69) is 31.1 Å². The Morgan fingerprint density at radius 3 is 2.67 bits per heavy atom. The van der Waals surface area contributed by atoms with Gasteiger partial charge in [-0.1, -0.05) is 0 Å². The summed E-state index contributed by atoms with van der Waals surface area (Å²) in [7, 11) is 0. The number of piperidine rings is 1. The molecule has 0 saturated carbocycles. The smallest absolute Gasteiger partial charge is 0.426 e. The number of likely N-dealkylation sites (tertiary alicyclic amines) is 1. The first kappa shape index (κ1) is 22.6. The number of carbonyl (C=O) groups excluding carboxylic acids is 3. The van der Waals surface area contributed by atoms with E-state index >= 15 is 0 Å². The number of nitrogens with zero attached hydrogens (tertiary/aromatic N) is 6. The van der Waals surface area contributed by atoms with Crippen LogP contribution in [0.25, 0.3) is 5.65 Å². The molecule has 1 aliphatic rings. The SMILES string of the molecule is CCOC(=O)NNC(=O)c1csc(C2CCN(C(=O)c3nnc4cc(C)nn4c3C)CC2)n1. The number of rotatable bonds is 4. The van der Waals surface area contributed by atoms with E-state index in [4.69, 9.17) is 4.74 Å². The highest BCUT2D eigenvalue weighted by atomic mass is 32.1. The van der Waals surface area contributed by atoms with Gasteiger partial charge in [0.25, 0.3) is 11.8 Å². The number of amides is 3. The molecular formula is C20H24N8O4S. The van der Waals surface area contributed by atoms with E-state index in [9.17, 15) is 14.4 Å². The highest BCUT2D eigenvalue weighted by Crippen LogP contribution is 2.31. The largest absolute Gasteiger partial charge is 0.449 e. The van der Waals surface area contributed by atoms with Crippen molar-refractivity contribution in [2.45, 2.75) is 39.5 Å². The molecule has 1 fully saturated rings. The molecule has 0 unspecified atom stereocenters. The van der Waals surface area contributed by atoms with Gasteiger partial charge in [0.1, 0.15) is 5.69 Å². The number of hydrogen-bond acceptors (Lipinski definition) is 9. The van der Waals surface area contributed by atoms with Crippen LogP contribution < -0.4 is 10.9 Å². The number of ether oxygens (including phenoxy) is 1. The summed E-state index contributed by atoms with van der Waals surface area (Å²) < 4.78 is 6.33. The molecule has 0 aromatic carbocycles. The molecule has 0 bridgehead atoms. The lowest BCUT2D eigenvalue weighted by molar-refractivity contribution is 0.0704. The third-order valence-electron chi connectivity index (χ3n) is 5.37. The molecular weight excluding hydrogens is 448 g/mol. The second-order valence-electron chi connectivity index (χ2n) is 7.63. The maximum Gasteiger partial charge on any atom is 0.426 e. The normalized spacial score (nSPS) is 14.3. The van der Waals surface area contributed by atoms with Gasteiger partial charge in [-0.15, -0.1) is 21.5 Å². The molecule has 0 radical (unpaired) electrons. The molecule has 12 nitrogen and oxygen atoms in total. The van der Waals surface area contributed by atoms with E-state index in [0.29, 0.717) is 30.1 Å². The Morgan fingerprint density at radius 1 is 1.18 bits per heavy atom. The van der Waals surface area contributed by atoms with Crippen LogP contribution in [-0.2, 0) is 4.74 Å². The van der Waals surface area contributed by atoms with Gasteiger partial charge in [0.15, 0.2) is 11.3 Å². The van der Waals surface area contributed by atoms with Crippen molar-refractivity contribution < 1.29 is 19.1 Å². The minimum Gasteiger partial charge on any atom is -0.449 e. The van der Waals surface area contributed by atoms with Gasteiger partial charge < -0.3 is 9.64 Å². The zero-order valence-electron chi connectivity index (χ0n) is 18.5. The molecule has 0 aliphatic carbocycles. The van der Waals surface area contributed by atoms with Crippen molar-refractivity contribution in [2.75, 3.05) is 19.7 Å². The van der Waals surface area contributed by atoms with Crippen LogP contribution in [0.3, 0.4) is 0 Å². The van der Waals surface area contributed by atoms with E-state index in [-0.39, 0.29) is 24.1 Å². The van der Waals surface area contributed by atoms with Crippen LogP contribution in [0.4, 0.5) is 4.79 Å². The maximum atomic E-state index is 13.1. The Balaban J connectivity index is 1.35. The van der Waals surface area contributed by atoms with Crippen LogP contribution in [0.15, 0.2) is 11.4 Å². The first-order chi connectivity index (χ1) is 15.9. The standard InChI is InChI=1S/C20H24N8O4S/c1-4-32-20(31)25-24-17(29)14-10-33-18(21-14)13-5-7-27(8-6-13)19(30)16-12(3)28-15(22-23-16)9-11(2)26-28/h9-10,13H,4-8H2,1-3H3,(H,24,29)(H,25,31). The van der Waals surface area contributed by atoms with Crippen LogP contribution in [0.5, 0.6) is 0 Å². The van der Waals surface area contributed by atoms with Crippen molar-refractivity contribution in [3.05, 3.63) is 39.2 Å². The van der Waals surface area contributed by atoms with Gasteiger partial charge in [-0.3, -0.25) is 15.0 Å². The van der Waals surface area contributed by atoms with Gasteiger partial charge in [-0.05, 0) is 33.6 Å². The Hall–Kier alpha value is -3.61. The molecule has 174 valence electrons. The van der Waals surface area contributed by atoms with E-state index in [1.165, 1.54) is 11.3 Å². The van der Waals surface area contributed by atoms with Gasteiger partial charge >= 0.3 is 6.09 Å². The molecule has 0 atom stereocenters. The van der Waals surface area contributed by atoms with Gasteiger partial charge in [-0.2, -0.15) is 5.10 Å². The summed E-state index contributed by atoms with van der Waals surface area (Å²) in [6, 6.07) is 1.81. The number of aryl methyl sites for hydroxylation is 2. The quantitative estimate of drug-likeness (QED) is 0.545. The molecule has 2 N–H and O–H groups in total. The summed E-state index contributed by atoms with van der Waals surface area (Å²) >= 11 is 1.39. The second kappa shape index (κ2) is 9.48. The van der Waals surface area contributed by atoms with Crippen LogP contribution >= 0.6 is 11.3 Å². The highest BCUT2D eigenvalue weighted by molar-refractivity contribution is 7.09. The first-order valence-corrected chi connectivity index (χ1v) is 11.4. The van der Waals surface area contributed by atoms with Crippen molar-refractivity contribution in [2.24, 2.45) is 0 Å². The Labute approximate surface area is 193 Å². The fourth-order valence-electron chi connectivity index (χ4n) is 3.67. The fourth-order valence-corrected chi connectivity index (χ4v) is 4.64. The average molecular weight is 473 g/mol. The fraction of sp³-hybridized carbons (Fsp3) is 0.450. The lowest BCUT2D eigenvalue weighted by Gasteiger charge is -2.31. The summed E-state index contributed by atoms with van der Waals surface area (Å²) in [6.07, 6.45) is 0.702. The molecule has 4 heterocycles. The molecule has 0 spiro atoms. The summed E-state index contributed by atoms with van der Waals surface area (Å²) in [6.45, 7) is 6.64. The van der Waals surface area contributed by atoms with Gasteiger partial charge in [0.05, 0.1) is 23.0 Å². The van der Waals surface area contributed by atoms with Crippen LogP contribution in [0.1, 0.15) is 63.1 Å². The monoisotopic (exact) mass is 472 g/mol. The summed E-state index contributed by atoms with van der Waals surface area (Å²) in [5, 5.41) is 15.1. The average Bonchev–Trinajstić information content (AvgIpc) is 3.45. The van der Waals surface area contributed by atoms with E-state index in [0.717, 1.165) is 23.5 Å². The number of hydrogen-bond donors (Lipinski definition) is 2. The summed E-state index contributed by atoms with van der Waals surface area (Å²) in [4.78, 5) is 42.7. The van der Waals surface area contributed by atoms with E-state index in [1.54, 1.807) is 21.7 Å². The van der Waals surface area contributed by atoms with Crippen molar-refractivity contribution in [3.63, 3.8) is 0 Å². The summed E-state index contributed by atoms with van der Waals surface area (Å²) in [5.74, 6) is -0.545. The number of aromatic nitrogens is 5. The number of nitrogens with one attached hydrogen (secondary N) is 2. The Kier molecular flexibility index (Phi) is 6.49. The highest BCUT2D eigenvalue weighted by Gasteiger charge is 2.29. The topological polar surface area (TPSA) is 144 Å². The minimum absolute atomic E-state index is 0.141. The zero-order valence-corrected chi connectivity index (χ0v) is 19.3. The minimum atomic E-state index is -0.736. The van der Waals surface area contributed by atoms with E-state index < -0.39 is 12.0 Å². The lowest BCUT2D eigenvalue weighted by atomic mass is 9.97. The number of thiazole rings is 1. The van der Waals surface area contributed by atoms with Gasteiger partial charge in [-0.25, -0.2) is 19.7 Å². The van der Waals surface area contributed by atoms with Gasteiger partial charge in [0.2, 0.25) is 0 Å². The molecule has 3 amide bonds. The lowest BCUT2D eigenvalue weighted by Crippen LogP contribution is -2.42. The first-order valence-electron chi connectivity index (χ1n) is 10.5. The molecule has 4 rings (SSSR count). The molecule has 3 aromatic heterocycles. The molecule has 3 aromatic rings. The van der Waals surface area contributed by atoms with Crippen LogP contribution in [-0.4, -0.2) is 67.3 Å². The maximum absolute atomic E-state index is 13.1. The molecule has 33 heavy (non-hydrogen) atoms.